The van der Waals surface area contributed by atoms with Crippen LogP contribution < -0.4 is 19.7 Å². The zero-order valence-corrected chi connectivity index (χ0v) is 21.4. The van der Waals surface area contributed by atoms with E-state index in [1.807, 2.05) is 12.4 Å². The molecule has 180 valence electrons. The molecule has 1 amide bonds. The van der Waals surface area contributed by atoms with Crippen molar-refractivity contribution in [2.75, 3.05) is 51.0 Å². The van der Waals surface area contributed by atoms with Crippen molar-refractivity contribution in [3.05, 3.63) is 35.8 Å². The number of carbonyl (C=O) groups excluding carboxylic acids is 1. The first kappa shape index (κ1) is 23.3. The number of nitrogens with one attached hydrogen (secondary N) is 1. The molecule has 2 aliphatic heterocycles. The summed E-state index contributed by atoms with van der Waals surface area (Å²) in [4.78, 5) is 18.6. The van der Waals surface area contributed by atoms with E-state index in [0.29, 0.717) is 13.0 Å². The Balaban J connectivity index is 1.43. The maximum Gasteiger partial charge on any atom is 0.220 e. The number of hydrogen-bond acceptors (Lipinski definition) is 8. The maximum absolute atomic E-state index is 11.7. The summed E-state index contributed by atoms with van der Waals surface area (Å²) in [5.41, 5.74) is 6.00. The molecule has 0 spiro atoms. The number of benzene rings is 2. The molecule has 1 N–H and O–H groups in total. The zero-order chi connectivity index (χ0) is 23.7. The van der Waals surface area contributed by atoms with E-state index < -0.39 is 0 Å². The molecule has 2 atom stereocenters. The van der Waals surface area contributed by atoms with Crippen molar-refractivity contribution >= 4 is 45.1 Å². The lowest BCUT2D eigenvalue weighted by atomic mass is 10.0. The van der Waals surface area contributed by atoms with Gasteiger partial charge in [0.15, 0.2) is 0 Å². The number of carbonyl (C=O) groups is 1. The summed E-state index contributed by atoms with van der Waals surface area (Å²) in [7, 11) is 1.73. The molecular weight excluding hydrogens is 468 g/mol. The summed E-state index contributed by atoms with van der Waals surface area (Å²) in [5, 5.41) is 2.91. The Bertz CT molecular complexity index is 1180. The van der Waals surface area contributed by atoms with Crippen molar-refractivity contribution in [2.45, 2.75) is 19.4 Å². The molecule has 0 unspecified atom stereocenters. The lowest BCUT2D eigenvalue weighted by Gasteiger charge is -2.35. The van der Waals surface area contributed by atoms with Crippen molar-refractivity contribution in [3.8, 4) is 22.6 Å². The van der Waals surface area contributed by atoms with Crippen LogP contribution in [0.5, 0.6) is 11.5 Å². The number of thiazole rings is 1. The lowest BCUT2D eigenvalue weighted by Crippen LogP contribution is -2.43. The number of rotatable bonds is 7. The van der Waals surface area contributed by atoms with Gasteiger partial charge >= 0.3 is 0 Å². The number of hydrogen-bond donors (Lipinski definition) is 1. The van der Waals surface area contributed by atoms with Crippen molar-refractivity contribution in [1.29, 1.82) is 0 Å². The molecule has 2 aliphatic rings. The van der Waals surface area contributed by atoms with E-state index >= 15 is 0 Å². The minimum Gasteiger partial charge on any atom is -0.495 e. The zero-order valence-electron chi connectivity index (χ0n) is 19.7. The second-order valence-corrected chi connectivity index (χ2v) is 10.5. The smallest absolute Gasteiger partial charge is 0.220 e. The summed E-state index contributed by atoms with van der Waals surface area (Å²) in [6, 6.07) is 10.6. The van der Waals surface area contributed by atoms with Crippen LogP contribution in [0, 0.1) is 5.92 Å². The second kappa shape index (κ2) is 10.0. The van der Waals surface area contributed by atoms with Crippen molar-refractivity contribution < 1.29 is 14.3 Å². The van der Waals surface area contributed by atoms with Gasteiger partial charge in [0.1, 0.15) is 17.6 Å². The number of fused-ring (bicyclic) bond motifs is 1. The first-order valence-electron chi connectivity index (χ1n) is 11.6. The van der Waals surface area contributed by atoms with E-state index in [4.69, 9.17) is 9.47 Å². The highest BCUT2D eigenvalue weighted by atomic mass is 32.2. The van der Waals surface area contributed by atoms with Gasteiger partial charge < -0.3 is 19.7 Å². The number of amides is 1. The largest absolute Gasteiger partial charge is 0.495 e. The highest BCUT2D eigenvalue weighted by Crippen LogP contribution is 2.39. The van der Waals surface area contributed by atoms with Gasteiger partial charge in [-0.2, -0.15) is 0 Å². The third-order valence-corrected chi connectivity index (χ3v) is 8.47. The van der Waals surface area contributed by atoms with Crippen LogP contribution in [0.1, 0.15) is 13.3 Å². The molecular formula is C25H30N4O3S2. The highest BCUT2D eigenvalue weighted by Gasteiger charge is 2.28. The van der Waals surface area contributed by atoms with Gasteiger partial charge in [0.05, 0.1) is 28.5 Å². The van der Waals surface area contributed by atoms with Gasteiger partial charge in [-0.15, -0.1) is 11.3 Å². The van der Waals surface area contributed by atoms with Crippen LogP contribution in [0.15, 0.2) is 35.8 Å². The van der Waals surface area contributed by atoms with Crippen molar-refractivity contribution in [1.82, 2.24) is 14.6 Å². The molecule has 2 saturated heterocycles. The van der Waals surface area contributed by atoms with Crippen molar-refractivity contribution in [2.24, 2.45) is 5.92 Å². The van der Waals surface area contributed by atoms with Gasteiger partial charge in [-0.3, -0.25) is 4.79 Å². The molecule has 9 heteroatoms. The molecule has 1 aromatic heterocycles. The Hall–Kier alpha value is -2.49. The summed E-state index contributed by atoms with van der Waals surface area (Å²) in [6.45, 7) is 6.74. The average Bonchev–Trinajstić information content (AvgIpc) is 3.53. The van der Waals surface area contributed by atoms with Gasteiger partial charge in [-0.05, 0) is 48.6 Å². The number of aromatic nitrogens is 1. The maximum atomic E-state index is 11.7. The predicted octanol–water partition coefficient (Wildman–Crippen LogP) is 4.28. The molecule has 2 fully saturated rings. The van der Waals surface area contributed by atoms with Crippen LogP contribution in [0.3, 0.4) is 0 Å². The molecule has 34 heavy (non-hydrogen) atoms. The Morgan fingerprint density at radius 2 is 1.94 bits per heavy atom. The average molecular weight is 499 g/mol. The summed E-state index contributed by atoms with van der Waals surface area (Å²) >= 11 is 3.38. The molecule has 3 heterocycles. The minimum atomic E-state index is -0.0728. The van der Waals surface area contributed by atoms with E-state index in [1.54, 1.807) is 30.4 Å². The fourth-order valence-electron chi connectivity index (χ4n) is 4.68. The van der Waals surface area contributed by atoms with Crippen LogP contribution in [0.25, 0.3) is 21.3 Å². The number of nitrogens with zero attached hydrogens (tertiary/aromatic N) is 3. The molecule has 2 aromatic carbocycles. The quantitative estimate of drug-likeness (QED) is 0.488. The molecule has 3 aromatic rings. The molecule has 7 nitrogen and oxygen atoms in total. The van der Waals surface area contributed by atoms with Crippen LogP contribution in [0.2, 0.25) is 0 Å². The van der Waals surface area contributed by atoms with Crippen LogP contribution in [-0.4, -0.2) is 67.4 Å². The van der Waals surface area contributed by atoms with E-state index in [9.17, 15) is 4.79 Å². The number of anilines is 1. The Morgan fingerprint density at radius 3 is 2.65 bits per heavy atom. The van der Waals surface area contributed by atoms with Crippen molar-refractivity contribution in [3.63, 3.8) is 0 Å². The molecule has 0 bridgehead atoms. The van der Waals surface area contributed by atoms with E-state index in [2.05, 4.69) is 56.1 Å². The van der Waals surface area contributed by atoms with Gasteiger partial charge in [0.2, 0.25) is 5.91 Å². The topological polar surface area (TPSA) is 66.9 Å². The van der Waals surface area contributed by atoms with Crippen LogP contribution in [0.4, 0.5) is 5.69 Å². The van der Waals surface area contributed by atoms with E-state index in [0.717, 1.165) is 64.7 Å². The predicted molar refractivity (Wildman–Crippen MR) is 140 cm³/mol. The fraction of sp³-hybridized carbons (Fsp3) is 0.440. The lowest BCUT2D eigenvalue weighted by molar-refractivity contribution is -0.119. The second-order valence-electron chi connectivity index (χ2n) is 8.75. The number of ether oxygens (including phenoxy) is 2. The Morgan fingerprint density at radius 1 is 1.15 bits per heavy atom. The van der Waals surface area contributed by atoms with Gasteiger partial charge in [0, 0.05) is 45.1 Å². The third-order valence-electron chi connectivity index (χ3n) is 6.73. The summed E-state index contributed by atoms with van der Waals surface area (Å²) < 4.78 is 15.6. The Kier molecular flexibility index (Phi) is 6.85. The summed E-state index contributed by atoms with van der Waals surface area (Å²) in [6.07, 6.45) is 2.57. The molecule has 0 aliphatic carbocycles. The van der Waals surface area contributed by atoms with Crippen LogP contribution in [-0.2, 0) is 4.79 Å². The van der Waals surface area contributed by atoms with Crippen LogP contribution >= 0.6 is 23.3 Å². The SMILES string of the molecule is COc1cc(-c2cc(O[C@H](C)[C@H]3CNC(=O)C3)c3scnc3c2)ccc1N1CCN(SC)CC1. The monoisotopic (exact) mass is 498 g/mol. The molecule has 5 rings (SSSR count). The third kappa shape index (κ3) is 4.69. The Labute approximate surface area is 208 Å². The fourth-order valence-corrected chi connectivity index (χ4v) is 5.93. The first-order chi connectivity index (χ1) is 16.6. The van der Waals surface area contributed by atoms with Gasteiger partial charge in [0.25, 0.3) is 0 Å². The molecule has 0 saturated carbocycles. The first-order valence-corrected chi connectivity index (χ1v) is 13.6. The molecule has 0 radical (unpaired) electrons. The number of piperazine rings is 1. The van der Waals surface area contributed by atoms with E-state index in [1.165, 1.54) is 0 Å². The van der Waals surface area contributed by atoms with Gasteiger partial charge in [-0.25, -0.2) is 9.29 Å². The van der Waals surface area contributed by atoms with E-state index in [-0.39, 0.29) is 17.9 Å². The minimum absolute atomic E-state index is 0.0728. The summed E-state index contributed by atoms with van der Waals surface area (Å²) in [5.74, 6) is 1.96. The standard InChI is InChI=1S/C25H30N4O3S2/c1-16(19-13-24(30)26-14-19)32-23-12-18(10-20-25(23)34-15-27-20)17-4-5-21(22(11-17)31-2)28-6-8-29(33-3)9-7-28/h4-5,10-12,15-16,19H,6-9,13-14H2,1-3H3,(H,26,30)/t16-,19-/m1/s1. The normalized spacial score (nSPS) is 19.9. The van der Waals surface area contributed by atoms with Gasteiger partial charge in [-0.1, -0.05) is 18.0 Å². The highest BCUT2D eigenvalue weighted by molar-refractivity contribution is 7.96. The number of methoxy groups -OCH3 is 1.